The molecule has 8 aromatic carbocycles. The lowest BCUT2D eigenvalue weighted by molar-refractivity contribution is 0.0511. The molecule has 11 rings (SSSR count). The minimum absolute atomic E-state index is 0. The second-order valence-electron chi connectivity index (χ2n) is 34.0. The molecule has 0 saturated carbocycles. The van der Waals surface area contributed by atoms with Gasteiger partial charge in [0.1, 0.15) is 24.6 Å². The lowest BCUT2D eigenvalue weighted by atomic mass is 10.0. The van der Waals surface area contributed by atoms with Crippen LogP contribution in [0.2, 0.25) is 10.0 Å². The minimum Gasteiger partial charge on any atom is -0.488 e. The van der Waals surface area contributed by atoms with Gasteiger partial charge in [-0.2, -0.15) is 0 Å². The maximum Gasteiger partial charge on any atom is 0.407 e. The number of alkyl halides is 1. The Hall–Kier alpha value is -11.6. The highest BCUT2D eigenvalue weighted by molar-refractivity contribution is 9.09. The fourth-order valence-corrected chi connectivity index (χ4v) is 13.0. The molecule has 0 radical (unpaired) electrons. The van der Waals surface area contributed by atoms with E-state index in [1.807, 2.05) is 258 Å². The number of nitrogens with zero attached hydrogens (tertiary/aromatic N) is 2. The van der Waals surface area contributed by atoms with Gasteiger partial charge in [0.25, 0.3) is 17.7 Å². The van der Waals surface area contributed by atoms with Gasteiger partial charge in [-0.1, -0.05) is 284 Å². The van der Waals surface area contributed by atoms with Crippen molar-refractivity contribution in [3.63, 3.8) is 0 Å². The SMILES string of the molecule is C.C.C.C.C.C.C.C.C.CC(C)Br.CC(C)NC(=O)N(C)Cc1ccccc1.CC(C)NC(=O)NCc1cc2ccccc2s1.CC(C)NC(=O)NCc1cnc2ccccc2c1.CC(C)NC(=O)OC(C)(C)C.CC(C)NC(=O)OCc1cccc(CCc2ccccc2)c1.CC(C)NC(=O)c1cc(OCc2ccccc2)cs1.CC(C)NC(=O)c1ccc(Cl)cc1.CC(C)NC(=O)c1ccccc1Cl. The number of carbonyl (C=O) groups is 8. The van der Waals surface area contributed by atoms with Gasteiger partial charge in [-0.25, -0.2) is 24.0 Å². The van der Waals surface area contributed by atoms with E-state index in [4.69, 9.17) is 37.4 Å². The summed E-state index contributed by atoms with van der Waals surface area (Å²) in [5.41, 5.74) is 8.58. The molecular weight excluding hydrogens is 1920 g/mol. The summed E-state index contributed by atoms with van der Waals surface area (Å²) in [6.45, 7) is 43.0. The molecule has 0 fully saturated rings. The van der Waals surface area contributed by atoms with Gasteiger partial charge >= 0.3 is 30.3 Å². The number of nitrogens with one attached hydrogen (secondary N) is 10. The Balaban J connectivity index is -0.000000289. The summed E-state index contributed by atoms with van der Waals surface area (Å²) in [5, 5.41) is 33.2. The number of benzene rings is 8. The van der Waals surface area contributed by atoms with Crippen LogP contribution in [0.1, 0.15) is 281 Å². The van der Waals surface area contributed by atoms with E-state index < -0.39 is 5.60 Å². The summed E-state index contributed by atoms with van der Waals surface area (Å²) in [6, 6.07) is 75.3. The zero-order chi connectivity index (χ0) is 98.3. The average molecular weight is 2090 g/mol. The number of carbonyl (C=O) groups excluding carboxylic acids is 8. The summed E-state index contributed by atoms with van der Waals surface area (Å²) in [6.07, 6.45) is 3.06. The Bertz CT molecular complexity index is 5140. The van der Waals surface area contributed by atoms with Gasteiger partial charge in [-0.15, -0.1) is 22.7 Å². The van der Waals surface area contributed by atoms with Crippen LogP contribution < -0.4 is 57.9 Å². The van der Waals surface area contributed by atoms with Crippen molar-refractivity contribution in [1.29, 1.82) is 0 Å². The molecule has 0 spiro atoms. The number of thiophene rings is 2. The lowest BCUT2D eigenvalue weighted by Crippen LogP contribution is -2.40. The maximum absolute atomic E-state index is 11.8. The van der Waals surface area contributed by atoms with E-state index in [0.29, 0.717) is 63.7 Å². The fourth-order valence-electron chi connectivity index (χ4n) is 10.9. The maximum atomic E-state index is 11.8. The van der Waals surface area contributed by atoms with Crippen molar-refractivity contribution in [3.8, 4) is 5.75 Å². The molecule has 11 amide bonds. The first-order valence-electron chi connectivity index (χ1n) is 44.2. The molecule has 786 valence electrons. The molecule has 141 heavy (non-hydrogen) atoms. The zero-order valence-corrected chi connectivity index (χ0v) is 85.3. The molecule has 10 N–H and O–H groups in total. The third kappa shape index (κ3) is 68.3. The van der Waals surface area contributed by atoms with Crippen molar-refractivity contribution in [2.24, 2.45) is 0 Å². The summed E-state index contributed by atoms with van der Waals surface area (Å²) in [7, 11) is 1.80. The number of alkyl carbamates (subject to hydrolysis) is 2. The highest BCUT2D eigenvalue weighted by atomic mass is 79.9. The Labute approximate surface area is 876 Å². The monoisotopic (exact) mass is 2090 g/mol. The topological polar surface area (TPSA) is 301 Å². The number of aromatic nitrogens is 1. The average Bonchev–Trinajstić information content (AvgIpc) is 1.73. The zero-order valence-electron chi connectivity index (χ0n) is 80.6. The quantitative estimate of drug-likeness (QED) is 0.0239. The highest BCUT2D eigenvalue weighted by Crippen LogP contribution is 2.26. The van der Waals surface area contributed by atoms with Crippen molar-refractivity contribution < 1.29 is 52.6 Å². The van der Waals surface area contributed by atoms with Gasteiger partial charge in [0.2, 0.25) is 0 Å². The number of halogens is 3. The van der Waals surface area contributed by atoms with Gasteiger partial charge in [0, 0.05) is 116 Å². The molecule has 0 aliphatic carbocycles. The molecule has 0 aliphatic rings. The van der Waals surface area contributed by atoms with Gasteiger partial charge in [0.05, 0.1) is 27.5 Å². The van der Waals surface area contributed by atoms with Crippen LogP contribution in [-0.2, 0) is 55.2 Å². The number of hydrogen-bond acceptors (Lipinski definition) is 14. The van der Waals surface area contributed by atoms with Crippen molar-refractivity contribution in [2.45, 2.75) is 317 Å². The number of aryl methyl sites for hydroxylation is 2. The van der Waals surface area contributed by atoms with Gasteiger partial charge in [-0.3, -0.25) is 19.4 Å². The van der Waals surface area contributed by atoms with Crippen molar-refractivity contribution >= 4 is 131 Å². The number of amides is 11. The molecule has 0 bridgehead atoms. The van der Waals surface area contributed by atoms with Crippen LogP contribution >= 0.6 is 61.8 Å². The van der Waals surface area contributed by atoms with Crippen LogP contribution in [-0.4, -0.2) is 124 Å². The number of ether oxygens (including phenoxy) is 3. The third-order valence-electron chi connectivity index (χ3n) is 16.5. The first-order valence-corrected chi connectivity index (χ1v) is 47.6. The van der Waals surface area contributed by atoms with E-state index in [1.54, 1.807) is 84.1 Å². The predicted molar refractivity (Wildman–Crippen MR) is 610 cm³/mol. The number of hydrogen-bond donors (Lipinski definition) is 10. The Morgan fingerprint density at radius 1 is 0.411 bits per heavy atom. The highest BCUT2D eigenvalue weighted by Gasteiger charge is 2.18. The van der Waals surface area contributed by atoms with E-state index >= 15 is 0 Å². The third-order valence-corrected chi connectivity index (χ3v) is 19.1. The molecule has 28 heteroatoms. The second-order valence-corrected chi connectivity index (χ2v) is 38.7. The molecule has 0 saturated heterocycles. The van der Waals surface area contributed by atoms with Crippen molar-refractivity contribution in [1.82, 2.24) is 63.1 Å². The Morgan fingerprint density at radius 2 is 0.844 bits per heavy atom. The molecule has 11 aromatic rings. The molecule has 3 aromatic heterocycles. The van der Waals surface area contributed by atoms with E-state index in [-0.39, 0.29) is 163 Å². The van der Waals surface area contributed by atoms with E-state index in [0.717, 1.165) is 51.7 Å². The van der Waals surface area contributed by atoms with E-state index in [2.05, 4.69) is 143 Å². The van der Waals surface area contributed by atoms with Crippen LogP contribution in [0.4, 0.5) is 24.0 Å². The number of pyridine rings is 1. The molecule has 23 nitrogen and oxygen atoms in total. The molecule has 3 heterocycles. The smallest absolute Gasteiger partial charge is 0.407 e. The minimum atomic E-state index is -0.404. The largest absolute Gasteiger partial charge is 0.488 e. The normalized spacial score (nSPS) is 9.80. The van der Waals surface area contributed by atoms with Gasteiger partial charge in [-0.05, 0) is 244 Å². The predicted octanol–water partition coefficient (Wildman–Crippen LogP) is 29.7. The first-order chi connectivity index (χ1) is 62.4. The first kappa shape index (κ1) is 142. The van der Waals surface area contributed by atoms with E-state index in [1.165, 1.54) is 37.4 Å². The van der Waals surface area contributed by atoms with Crippen molar-refractivity contribution in [2.75, 3.05) is 7.05 Å². The number of para-hydroxylation sites is 1. The summed E-state index contributed by atoms with van der Waals surface area (Å²) < 4.78 is 17.1. The van der Waals surface area contributed by atoms with Crippen LogP contribution in [0.15, 0.2) is 242 Å². The Kier molecular flexibility index (Phi) is 79.9. The van der Waals surface area contributed by atoms with Crippen LogP contribution in [0, 0.1) is 0 Å². The van der Waals surface area contributed by atoms with Gasteiger partial charge < -0.3 is 72.3 Å². The Morgan fingerprint density at radius 3 is 1.35 bits per heavy atom. The second kappa shape index (κ2) is 79.1. The molecule has 0 atom stereocenters. The summed E-state index contributed by atoms with van der Waals surface area (Å²) >= 11 is 17.9. The van der Waals surface area contributed by atoms with Gasteiger partial charge in [0.15, 0.2) is 0 Å². The molecule has 0 unspecified atom stereocenters. The van der Waals surface area contributed by atoms with Crippen LogP contribution in [0.3, 0.4) is 0 Å². The van der Waals surface area contributed by atoms with E-state index in [9.17, 15) is 38.4 Å². The summed E-state index contributed by atoms with van der Waals surface area (Å²) in [4.78, 5) is 100. The number of fused-ring (bicyclic) bond motifs is 2. The van der Waals surface area contributed by atoms with Crippen LogP contribution in [0.25, 0.3) is 21.0 Å². The standard InChI is InChI=1S/C19H23NO2.C15H17NO2S.C14H17N3O.C13H16N2OS.C12H18N2O.2C10H12ClNO.C8H17NO2.C3H7Br.9CH4/c1-15(2)20-19(21)22-14-18-10-6-9-17(13-18)12-11-16-7-4-3-5-8-16;1-11(2)16-15(17)14-8-13(10-19-14)18-9-12-6-4-3-5-7-12;1-10(2)17-14(18)16-9-11-7-12-5-3-4-6-13(12)15-8-11;1-9(2)15-13(16)14-8-11-7-10-5-3-4-6-12(10)17-11;1-10(2)13-12(15)14(3)9-11-7-5-4-6-8-11;1-7(2)12-10(13)8-3-5-9(11)6-4-8;1-7(2)12-10(13)8-5-3-4-6-9(8)11;1-6(2)9-7(10)11-8(3,4)5;1-3(2)4;;;;;;;;;/h3-10,13,15H,11-12,14H2,1-2H3,(H,20,21);3-8,10-11H,9H2,1-2H3,(H,16,17);3-8,10H,9H2,1-2H3,(H2,16,17,18);3-7,9H,8H2,1-2H3,(H2,14,15,16);4-8,10H,9H2,1-3H3,(H,13,15);2*3-7H,1-2H3,(H,12,13);6H,1-5H3,(H,9,10);3H,1-2H3;9*1H4. The lowest BCUT2D eigenvalue weighted by Gasteiger charge is -2.20. The van der Waals surface area contributed by atoms with Crippen molar-refractivity contribution in [3.05, 3.63) is 306 Å². The number of urea groups is 3. The fraction of sp³-hybridized carbons (Fsp3) is 0.425. The molecule has 0 aliphatic heterocycles. The van der Waals surface area contributed by atoms with Crippen LogP contribution in [0.5, 0.6) is 5.75 Å². The number of rotatable bonds is 25. The molecular formula is C113H175BrCl2N12O11S2. The summed E-state index contributed by atoms with van der Waals surface area (Å²) in [5.74, 6) is 0.504.